The fourth-order valence-corrected chi connectivity index (χ4v) is 1.49. The molecule has 0 spiro atoms. The van der Waals surface area contributed by atoms with Gasteiger partial charge < -0.3 is 15.2 Å². The van der Waals surface area contributed by atoms with Crippen LogP contribution in [-0.2, 0) is 19.1 Å². The summed E-state index contributed by atoms with van der Waals surface area (Å²) in [6.07, 6.45) is -0.239. The number of rotatable bonds is 2. The monoisotopic (exact) mass is 213 g/mol. The maximum Gasteiger partial charge on any atom is 0.336 e. The average Bonchev–Trinajstić information content (AvgIpc) is 2.15. The highest BCUT2D eigenvalue weighted by atomic mass is 16.5. The molecule has 1 aliphatic heterocycles. The summed E-state index contributed by atoms with van der Waals surface area (Å²) in [5, 5.41) is 11.3. The number of aliphatic carboxylic acids is 1. The zero-order valence-corrected chi connectivity index (χ0v) is 8.36. The lowest BCUT2D eigenvalue weighted by Gasteiger charge is -2.22. The van der Waals surface area contributed by atoms with Crippen molar-refractivity contribution in [3.63, 3.8) is 0 Å². The molecule has 0 aromatic rings. The van der Waals surface area contributed by atoms with Gasteiger partial charge in [0.15, 0.2) is 0 Å². The molecule has 0 aromatic heterocycles. The lowest BCUT2D eigenvalue weighted by Crippen LogP contribution is -2.38. The van der Waals surface area contributed by atoms with Crippen molar-refractivity contribution < 1.29 is 24.2 Å². The predicted octanol–water partition coefficient (Wildman–Crippen LogP) is -0.346. The van der Waals surface area contributed by atoms with Gasteiger partial charge in [-0.3, -0.25) is 9.59 Å². The van der Waals surface area contributed by atoms with E-state index in [2.05, 4.69) is 10.1 Å². The molecule has 0 aliphatic carbocycles. The zero-order chi connectivity index (χ0) is 11.6. The molecule has 1 aliphatic rings. The summed E-state index contributed by atoms with van der Waals surface area (Å²) in [7, 11) is 1.16. The first kappa shape index (κ1) is 11.2. The van der Waals surface area contributed by atoms with E-state index >= 15 is 0 Å². The number of hydrogen-bond acceptors (Lipinski definition) is 4. The molecule has 0 saturated heterocycles. The number of carboxylic acid groups (broad SMARTS) is 1. The number of carboxylic acids is 1. The van der Waals surface area contributed by atoms with Crippen LogP contribution < -0.4 is 5.32 Å². The van der Waals surface area contributed by atoms with Crippen molar-refractivity contribution in [2.75, 3.05) is 7.11 Å². The van der Waals surface area contributed by atoms with E-state index in [0.29, 0.717) is 0 Å². The third-order valence-electron chi connectivity index (χ3n) is 2.17. The van der Waals surface area contributed by atoms with E-state index in [0.717, 1.165) is 7.11 Å². The number of ether oxygens (including phenoxy) is 1. The van der Waals surface area contributed by atoms with Gasteiger partial charge in [0.05, 0.1) is 18.6 Å². The highest BCUT2D eigenvalue weighted by Crippen LogP contribution is 2.23. The number of carbonyl (C=O) groups is 3. The molecule has 6 heteroatoms. The van der Waals surface area contributed by atoms with Gasteiger partial charge in [-0.25, -0.2) is 4.79 Å². The Morgan fingerprint density at radius 2 is 2.13 bits per heavy atom. The van der Waals surface area contributed by atoms with Crippen LogP contribution in [0.1, 0.15) is 13.3 Å². The van der Waals surface area contributed by atoms with Crippen LogP contribution in [0, 0.1) is 5.92 Å². The maximum atomic E-state index is 11.3. The van der Waals surface area contributed by atoms with Crippen LogP contribution in [0.25, 0.3) is 0 Å². The van der Waals surface area contributed by atoms with E-state index in [1.54, 1.807) is 0 Å². The van der Waals surface area contributed by atoms with Crippen molar-refractivity contribution in [2.45, 2.75) is 13.3 Å². The molecule has 0 saturated carbocycles. The summed E-state index contributed by atoms with van der Waals surface area (Å²) in [4.78, 5) is 33.2. The van der Waals surface area contributed by atoms with Gasteiger partial charge in [-0.05, 0) is 6.92 Å². The minimum absolute atomic E-state index is 0.00426. The van der Waals surface area contributed by atoms with E-state index in [9.17, 15) is 14.4 Å². The summed E-state index contributed by atoms with van der Waals surface area (Å²) < 4.78 is 4.46. The number of methoxy groups -OCH3 is 1. The maximum absolute atomic E-state index is 11.3. The van der Waals surface area contributed by atoms with Crippen LogP contribution in [0.3, 0.4) is 0 Å². The summed E-state index contributed by atoms with van der Waals surface area (Å²) in [6.45, 7) is 1.47. The predicted molar refractivity (Wildman–Crippen MR) is 48.6 cm³/mol. The zero-order valence-electron chi connectivity index (χ0n) is 8.36. The molecule has 1 amide bonds. The smallest absolute Gasteiger partial charge is 0.336 e. The Labute approximate surface area is 85.9 Å². The van der Waals surface area contributed by atoms with Gasteiger partial charge in [0.1, 0.15) is 0 Å². The first-order valence-electron chi connectivity index (χ1n) is 4.29. The van der Waals surface area contributed by atoms with Crippen LogP contribution >= 0.6 is 0 Å². The Bertz CT molecular complexity index is 358. The van der Waals surface area contributed by atoms with E-state index in [1.807, 2.05) is 0 Å². The second-order valence-corrected chi connectivity index (χ2v) is 3.17. The molecule has 0 fully saturated rings. The van der Waals surface area contributed by atoms with Gasteiger partial charge in [0.25, 0.3) is 0 Å². The number of amides is 1. The van der Waals surface area contributed by atoms with Crippen molar-refractivity contribution in [3.05, 3.63) is 11.3 Å². The third kappa shape index (κ3) is 2.15. The highest BCUT2D eigenvalue weighted by Gasteiger charge is 2.35. The molecular weight excluding hydrogens is 202 g/mol. The third-order valence-corrected chi connectivity index (χ3v) is 2.17. The fraction of sp³-hybridized carbons (Fsp3) is 0.444. The van der Waals surface area contributed by atoms with Crippen LogP contribution in [0.5, 0.6) is 0 Å². The second-order valence-electron chi connectivity index (χ2n) is 3.17. The first-order chi connectivity index (χ1) is 6.97. The van der Waals surface area contributed by atoms with Crippen molar-refractivity contribution in [2.24, 2.45) is 5.92 Å². The first-order valence-corrected chi connectivity index (χ1v) is 4.29. The van der Waals surface area contributed by atoms with E-state index in [-0.39, 0.29) is 17.7 Å². The Kier molecular flexibility index (Phi) is 3.08. The van der Waals surface area contributed by atoms with Gasteiger partial charge in [-0.15, -0.1) is 0 Å². The molecular formula is C9H11NO5. The number of allylic oxidation sites excluding steroid dienone is 1. The second kappa shape index (κ2) is 4.12. The Balaban J connectivity index is 3.14. The number of esters is 1. The summed E-state index contributed by atoms with van der Waals surface area (Å²) in [5.74, 6) is -3.46. The molecule has 1 rings (SSSR count). The molecule has 0 bridgehead atoms. The number of carbonyl (C=O) groups excluding carboxylic acids is 2. The van der Waals surface area contributed by atoms with Crippen molar-refractivity contribution >= 4 is 17.8 Å². The molecule has 6 nitrogen and oxygen atoms in total. The van der Waals surface area contributed by atoms with Gasteiger partial charge in [0, 0.05) is 12.1 Å². The lowest BCUT2D eigenvalue weighted by atomic mass is 9.90. The molecule has 15 heavy (non-hydrogen) atoms. The van der Waals surface area contributed by atoms with Crippen molar-refractivity contribution in [1.29, 1.82) is 0 Å². The minimum atomic E-state index is -1.20. The Hall–Kier alpha value is -1.85. The summed E-state index contributed by atoms with van der Waals surface area (Å²) in [6, 6.07) is 0. The van der Waals surface area contributed by atoms with E-state index < -0.39 is 23.8 Å². The van der Waals surface area contributed by atoms with Gasteiger partial charge in [0.2, 0.25) is 5.91 Å². The minimum Gasteiger partial charge on any atom is -0.481 e. The van der Waals surface area contributed by atoms with Crippen LogP contribution in [0.2, 0.25) is 0 Å². The molecule has 82 valence electrons. The van der Waals surface area contributed by atoms with E-state index in [4.69, 9.17) is 5.11 Å². The lowest BCUT2D eigenvalue weighted by molar-refractivity contribution is -0.147. The van der Waals surface area contributed by atoms with E-state index in [1.165, 1.54) is 6.92 Å². The SMILES string of the molecule is COC(=O)C1=C(C)NC(=O)CC1C(=O)O. The molecule has 2 N–H and O–H groups in total. The normalized spacial score (nSPS) is 20.9. The number of nitrogens with one attached hydrogen (secondary N) is 1. The Morgan fingerprint density at radius 1 is 1.53 bits per heavy atom. The van der Waals surface area contributed by atoms with Gasteiger partial charge >= 0.3 is 11.9 Å². The number of hydrogen-bond donors (Lipinski definition) is 2. The molecule has 0 aromatic carbocycles. The highest BCUT2D eigenvalue weighted by molar-refractivity contribution is 6.00. The van der Waals surface area contributed by atoms with Crippen LogP contribution in [0.4, 0.5) is 0 Å². The topological polar surface area (TPSA) is 92.7 Å². The standard InChI is InChI=1S/C9H11NO5/c1-4-7(9(14)15-2)5(8(12)13)3-6(11)10-4/h5H,3H2,1-2H3,(H,10,11)(H,12,13). The molecule has 1 heterocycles. The fourth-order valence-electron chi connectivity index (χ4n) is 1.49. The van der Waals surface area contributed by atoms with Crippen molar-refractivity contribution in [3.8, 4) is 0 Å². The van der Waals surface area contributed by atoms with Crippen molar-refractivity contribution in [1.82, 2.24) is 5.32 Å². The van der Waals surface area contributed by atoms with Gasteiger partial charge in [-0.1, -0.05) is 0 Å². The summed E-state index contributed by atoms with van der Waals surface area (Å²) >= 11 is 0. The molecule has 0 radical (unpaired) electrons. The van der Waals surface area contributed by atoms with Gasteiger partial charge in [-0.2, -0.15) is 0 Å². The summed E-state index contributed by atoms with van der Waals surface area (Å²) in [5.41, 5.74) is 0.245. The average molecular weight is 213 g/mol. The van der Waals surface area contributed by atoms with Crippen LogP contribution in [-0.4, -0.2) is 30.1 Å². The Morgan fingerprint density at radius 3 is 2.60 bits per heavy atom. The molecule has 1 atom stereocenters. The quantitative estimate of drug-likeness (QED) is 0.612. The molecule has 1 unspecified atom stereocenters. The van der Waals surface area contributed by atoms with Crippen LogP contribution in [0.15, 0.2) is 11.3 Å². The largest absolute Gasteiger partial charge is 0.481 e.